The van der Waals surface area contributed by atoms with Crippen molar-refractivity contribution in [1.29, 1.82) is 0 Å². The van der Waals surface area contributed by atoms with Crippen LogP contribution in [0, 0.1) is 0 Å². The molecule has 0 aliphatic carbocycles. The first kappa shape index (κ1) is 22.8. The van der Waals surface area contributed by atoms with E-state index in [1.54, 1.807) is 22.4 Å². The summed E-state index contributed by atoms with van der Waals surface area (Å²) in [4.78, 5) is 21.7. The summed E-state index contributed by atoms with van der Waals surface area (Å²) in [5, 5.41) is 27.3. The number of rotatable bonds is 6. The molecule has 1 aliphatic rings. The average Bonchev–Trinajstić information content (AvgIpc) is 3.47. The van der Waals surface area contributed by atoms with Crippen LogP contribution in [0.25, 0.3) is 27.9 Å². The van der Waals surface area contributed by atoms with Crippen LogP contribution in [0.3, 0.4) is 0 Å². The number of aliphatic hydroxyl groups excluding tert-OH is 1. The number of hydrogen-bond donors (Lipinski definition) is 3. The maximum atomic E-state index is 14.7. The molecule has 0 aromatic carbocycles. The maximum absolute atomic E-state index is 14.7. The molecule has 184 valence electrons. The summed E-state index contributed by atoms with van der Waals surface area (Å²) in [5.74, 6) is -3.49. The predicted octanol–water partition coefficient (Wildman–Crippen LogP) is 1.24. The lowest BCUT2D eigenvalue weighted by atomic mass is 10.0. The number of fused-ring (bicyclic) bond motifs is 2. The van der Waals surface area contributed by atoms with E-state index in [1.165, 1.54) is 0 Å². The number of carbonyl (C=O) groups is 1. The van der Waals surface area contributed by atoms with E-state index in [1.807, 2.05) is 25.1 Å². The van der Waals surface area contributed by atoms with E-state index in [-0.39, 0.29) is 18.9 Å². The molecule has 5 rings (SSSR count). The second-order valence-electron chi connectivity index (χ2n) is 8.22. The third-order valence-electron chi connectivity index (χ3n) is 6.07. The Bertz CT molecular complexity index is 1400. The summed E-state index contributed by atoms with van der Waals surface area (Å²) < 4.78 is 32.8. The second-order valence-corrected chi connectivity index (χ2v) is 8.22. The molecule has 0 saturated carbocycles. The summed E-state index contributed by atoms with van der Waals surface area (Å²) >= 11 is 0. The molecule has 3 N–H and O–H groups in total. The SMILES string of the molecule is CCn1nnc2ccc(-c3ccn4nc(N[C@@H]5CCN(C(=O)CO)CC5(F)F)nc(NC)c34)nc21. The zero-order valence-electron chi connectivity index (χ0n) is 19.1. The van der Waals surface area contributed by atoms with Crippen molar-refractivity contribution < 1.29 is 18.7 Å². The van der Waals surface area contributed by atoms with Crippen molar-refractivity contribution in [2.24, 2.45) is 0 Å². The van der Waals surface area contributed by atoms with Crippen LogP contribution < -0.4 is 10.6 Å². The first-order valence-corrected chi connectivity index (χ1v) is 11.2. The summed E-state index contributed by atoms with van der Waals surface area (Å²) in [6, 6.07) is 4.23. The maximum Gasteiger partial charge on any atom is 0.285 e. The topological polar surface area (TPSA) is 138 Å². The fraction of sp³-hybridized carbons (Fsp3) is 0.429. The Balaban J connectivity index is 1.47. The van der Waals surface area contributed by atoms with Crippen LogP contribution in [-0.4, -0.2) is 89.2 Å². The number of piperidine rings is 1. The van der Waals surface area contributed by atoms with Crippen LogP contribution in [0.15, 0.2) is 24.4 Å². The minimum Gasteiger partial charge on any atom is -0.387 e. The Morgan fingerprint density at radius 3 is 2.83 bits per heavy atom. The molecule has 5 heterocycles. The van der Waals surface area contributed by atoms with E-state index in [4.69, 9.17) is 10.1 Å². The van der Waals surface area contributed by atoms with Gasteiger partial charge in [-0.15, -0.1) is 10.2 Å². The number of halogens is 2. The van der Waals surface area contributed by atoms with Gasteiger partial charge in [-0.3, -0.25) is 4.79 Å². The number of aryl methyl sites for hydroxylation is 1. The lowest BCUT2D eigenvalue weighted by molar-refractivity contribution is -0.145. The van der Waals surface area contributed by atoms with Gasteiger partial charge < -0.3 is 20.6 Å². The van der Waals surface area contributed by atoms with Gasteiger partial charge in [0.1, 0.15) is 17.6 Å². The van der Waals surface area contributed by atoms with Gasteiger partial charge in [0.15, 0.2) is 11.5 Å². The van der Waals surface area contributed by atoms with E-state index in [0.29, 0.717) is 34.7 Å². The largest absolute Gasteiger partial charge is 0.387 e. The molecular weight excluding hydrogens is 462 g/mol. The Hall–Kier alpha value is -3.94. The molecule has 4 aromatic heterocycles. The van der Waals surface area contributed by atoms with Gasteiger partial charge in [-0.2, -0.15) is 4.98 Å². The molecule has 1 amide bonds. The average molecular weight is 486 g/mol. The molecule has 0 radical (unpaired) electrons. The van der Waals surface area contributed by atoms with Crippen LogP contribution in [0.1, 0.15) is 13.3 Å². The lowest BCUT2D eigenvalue weighted by Gasteiger charge is -2.38. The Morgan fingerprint density at radius 2 is 2.11 bits per heavy atom. The summed E-state index contributed by atoms with van der Waals surface area (Å²) in [6.45, 7) is 1.10. The number of pyridine rings is 1. The zero-order valence-corrected chi connectivity index (χ0v) is 19.1. The molecular formula is C21H24F2N10O2. The number of aliphatic hydroxyl groups is 1. The number of alkyl halides is 2. The van der Waals surface area contributed by atoms with Crippen molar-refractivity contribution in [1.82, 2.24) is 39.5 Å². The van der Waals surface area contributed by atoms with Crippen LogP contribution in [-0.2, 0) is 11.3 Å². The molecule has 14 heteroatoms. The van der Waals surface area contributed by atoms with Crippen LogP contribution >= 0.6 is 0 Å². The summed E-state index contributed by atoms with van der Waals surface area (Å²) in [5.41, 5.74) is 3.40. The fourth-order valence-corrected chi connectivity index (χ4v) is 4.27. The molecule has 1 aliphatic heterocycles. The number of amides is 1. The molecule has 1 atom stereocenters. The van der Waals surface area contributed by atoms with Gasteiger partial charge in [0.05, 0.1) is 18.3 Å². The van der Waals surface area contributed by atoms with Crippen molar-refractivity contribution in [3.05, 3.63) is 24.4 Å². The molecule has 0 unspecified atom stereocenters. The van der Waals surface area contributed by atoms with Gasteiger partial charge in [0, 0.05) is 31.9 Å². The van der Waals surface area contributed by atoms with Gasteiger partial charge in [-0.25, -0.2) is 23.0 Å². The van der Waals surface area contributed by atoms with E-state index in [0.717, 1.165) is 10.5 Å². The first-order valence-electron chi connectivity index (χ1n) is 11.2. The zero-order chi connectivity index (χ0) is 24.7. The fourth-order valence-electron chi connectivity index (χ4n) is 4.27. The number of carbonyl (C=O) groups excluding carboxylic acids is 1. The predicted molar refractivity (Wildman–Crippen MR) is 123 cm³/mol. The van der Waals surface area contributed by atoms with Crippen molar-refractivity contribution in [3.8, 4) is 11.3 Å². The number of likely N-dealkylation sites (tertiary alicyclic amines) is 1. The quantitative estimate of drug-likeness (QED) is 0.367. The first-order chi connectivity index (χ1) is 16.8. The van der Waals surface area contributed by atoms with Crippen LogP contribution in [0.4, 0.5) is 20.5 Å². The number of nitrogens with one attached hydrogen (secondary N) is 2. The van der Waals surface area contributed by atoms with Gasteiger partial charge in [0.25, 0.3) is 5.92 Å². The minimum atomic E-state index is -3.22. The van der Waals surface area contributed by atoms with Crippen molar-refractivity contribution in [3.63, 3.8) is 0 Å². The van der Waals surface area contributed by atoms with Crippen LogP contribution in [0.5, 0.6) is 0 Å². The Kier molecular flexibility index (Phi) is 5.67. The number of hydrogen-bond acceptors (Lipinski definition) is 9. The summed E-state index contributed by atoms with van der Waals surface area (Å²) in [6.07, 6.45) is 1.69. The molecule has 12 nitrogen and oxygen atoms in total. The second kappa shape index (κ2) is 8.69. The molecule has 1 fully saturated rings. The highest BCUT2D eigenvalue weighted by Crippen LogP contribution is 2.32. The van der Waals surface area contributed by atoms with E-state index in [2.05, 4.69) is 31.0 Å². The lowest BCUT2D eigenvalue weighted by Crippen LogP contribution is -2.56. The van der Waals surface area contributed by atoms with Gasteiger partial charge in [0.2, 0.25) is 11.9 Å². The van der Waals surface area contributed by atoms with E-state index in [9.17, 15) is 13.6 Å². The molecule has 0 spiro atoms. The minimum absolute atomic E-state index is 0.0188. The van der Waals surface area contributed by atoms with Crippen LogP contribution in [0.2, 0.25) is 0 Å². The third-order valence-corrected chi connectivity index (χ3v) is 6.07. The van der Waals surface area contributed by atoms with Gasteiger partial charge >= 0.3 is 0 Å². The van der Waals surface area contributed by atoms with E-state index < -0.39 is 31.0 Å². The standard InChI is InChI=1S/C21H24F2N10O2/c1-3-32-19-14(28-30-32)5-4-13(25-19)12-6-9-33-17(12)18(24-2)27-20(29-33)26-15-7-8-31(16(35)10-34)11-21(15,22)23/h4-6,9,15,34H,3,7-8,10-11H2,1-2H3,(H2,24,26,27,29)/t15-/m1/s1. The molecule has 35 heavy (non-hydrogen) atoms. The Labute approximate surface area is 198 Å². The molecule has 4 aromatic rings. The number of aromatic nitrogens is 7. The van der Waals surface area contributed by atoms with Gasteiger partial charge in [-0.1, -0.05) is 5.21 Å². The van der Waals surface area contributed by atoms with Crippen molar-refractivity contribution >= 4 is 34.4 Å². The van der Waals surface area contributed by atoms with Crippen molar-refractivity contribution in [2.45, 2.75) is 31.9 Å². The third kappa shape index (κ3) is 3.99. The highest BCUT2D eigenvalue weighted by atomic mass is 19.3. The van der Waals surface area contributed by atoms with E-state index >= 15 is 0 Å². The van der Waals surface area contributed by atoms with Crippen molar-refractivity contribution in [2.75, 3.05) is 37.4 Å². The normalized spacial score (nSPS) is 17.7. The molecule has 0 bridgehead atoms. The smallest absolute Gasteiger partial charge is 0.285 e. The Morgan fingerprint density at radius 1 is 1.29 bits per heavy atom. The highest BCUT2D eigenvalue weighted by molar-refractivity contribution is 5.89. The monoisotopic (exact) mass is 486 g/mol. The number of anilines is 2. The molecule has 1 saturated heterocycles. The highest BCUT2D eigenvalue weighted by Gasteiger charge is 2.46. The van der Waals surface area contributed by atoms with Gasteiger partial charge in [-0.05, 0) is 31.5 Å². The summed E-state index contributed by atoms with van der Waals surface area (Å²) in [7, 11) is 1.68. The number of nitrogens with zero attached hydrogens (tertiary/aromatic N) is 8.